The lowest BCUT2D eigenvalue weighted by molar-refractivity contribution is -0.113. The van der Waals surface area contributed by atoms with Crippen LogP contribution in [-0.4, -0.2) is 45.6 Å². The summed E-state index contributed by atoms with van der Waals surface area (Å²) in [5.74, 6) is 1.71. The molecule has 0 radical (unpaired) electrons. The number of benzene rings is 2. The first-order valence-electron chi connectivity index (χ1n) is 12.9. The van der Waals surface area contributed by atoms with Crippen LogP contribution in [-0.2, 0) is 22.5 Å². The number of allylic oxidation sites excluding steroid dienone is 1. The summed E-state index contributed by atoms with van der Waals surface area (Å²) in [5, 5.41) is 12.2. The van der Waals surface area contributed by atoms with Crippen molar-refractivity contribution >= 4 is 45.3 Å². The lowest BCUT2D eigenvalue weighted by atomic mass is 10.0. The Morgan fingerprint density at radius 3 is 2.62 bits per heavy atom. The highest BCUT2D eigenvalue weighted by atomic mass is 79.9. The number of carbonyl (C=O) groups is 2. The normalized spacial score (nSPS) is 10.9. The summed E-state index contributed by atoms with van der Waals surface area (Å²) < 4.78 is 14.2. The van der Waals surface area contributed by atoms with Gasteiger partial charge in [0.25, 0.3) is 0 Å². The molecule has 0 aliphatic heterocycles. The molecule has 2 aromatic carbocycles. The number of halogens is 1. The van der Waals surface area contributed by atoms with Gasteiger partial charge < -0.3 is 19.4 Å². The Morgan fingerprint density at radius 2 is 1.95 bits per heavy atom. The maximum atomic E-state index is 12.5. The average molecular weight is 616 g/mol. The molecule has 3 rings (SSSR count). The van der Waals surface area contributed by atoms with E-state index >= 15 is 0 Å². The molecule has 1 heterocycles. The summed E-state index contributed by atoms with van der Waals surface area (Å²) in [6, 6.07) is 10.8. The first-order valence-corrected chi connectivity index (χ1v) is 14.7. The van der Waals surface area contributed by atoms with Crippen LogP contribution < -0.4 is 10.1 Å². The van der Waals surface area contributed by atoms with Crippen molar-refractivity contribution in [2.24, 2.45) is 0 Å². The molecule has 0 fully saturated rings. The van der Waals surface area contributed by atoms with Gasteiger partial charge in [-0.3, -0.25) is 4.79 Å². The van der Waals surface area contributed by atoms with Gasteiger partial charge in [0.1, 0.15) is 11.6 Å². The quantitative estimate of drug-likeness (QED) is 0.0948. The summed E-state index contributed by atoms with van der Waals surface area (Å²) >= 11 is 4.96. The van der Waals surface area contributed by atoms with Crippen LogP contribution in [0.3, 0.4) is 0 Å². The van der Waals surface area contributed by atoms with E-state index in [0.717, 1.165) is 28.0 Å². The van der Waals surface area contributed by atoms with Crippen LogP contribution in [0.2, 0.25) is 0 Å². The number of aromatic nitrogens is 3. The second-order valence-corrected chi connectivity index (χ2v) is 11.0. The van der Waals surface area contributed by atoms with Gasteiger partial charge in [-0.15, -0.1) is 16.8 Å². The van der Waals surface area contributed by atoms with E-state index in [1.807, 2.05) is 11.5 Å². The van der Waals surface area contributed by atoms with Gasteiger partial charge in [0.15, 0.2) is 5.16 Å². The largest absolute Gasteiger partial charge is 0.493 e. The number of esters is 1. The molecule has 39 heavy (non-hydrogen) atoms. The lowest BCUT2D eigenvalue weighted by Gasteiger charge is -2.15. The van der Waals surface area contributed by atoms with E-state index in [9.17, 15) is 9.59 Å². The second-order valence-electron chi connectivity index (χ2n) is 9.18. The van der Waals surface area contributed by atoms with Crippen molar-refractivity contribution in [1.29, 1.82) is 0 Å². The smallest absolute Gasteiger partial charge is 0.338 e. The Labute approximate surface area is 242 Å². The minimum Gasteiger partial charge on any atom is -0.493 e. The number of hydrogen-bond donors (Lipinski definition) is 1. The van der Waals surface area contributed by atoms with E-state index in [0.29, 0.717) is 48.5 Å². The summed E-state index contributed by atoms with van der Waals surface area (Å²) in [4.78, 5) is 24.3. The fourth-order valence-corrected chi connectivity index (χ4v) is 5.52. The summed E-state index contributed by atoms with van der Waals surface area (Å²) in [6.07, 6.45) is 3.25. The molecule has 0 atom stereocenters. The number of aryl methyl sites for hydroxylation is 2. The number of anilines is 1. The van der Waals surface area contributed by atoms with Gasteiger partial charge in [-0.05, 0) is 73.7 Å². The van der Waals surface area contributed by atoms with Gasteiger partial charge in [-0.2, -0.15) is 0 Å². The topological polar surface area (TPSA) is 95.3 Å². The number of carbonyl (C=O) groups excluding carboxylic acids is 2. The van der Waals surface area contributed by atoms with E-state index in [1.165, 1.54) is 17.3 Å². The van der Waals surface area contributed by atoms with E-state index < -0.39 is 5.97 Å². The van der Waals surface area contributed by atoms with Crippen molar-refractivity contribution in [3.63, 3.8) is 0 Å². The van der Waals surface area contributed by atoms with Crippen molar-refractivity contribution < 1.29 is 19.1 Å². The molecule has 208 valence electrons. The third-order valence-corrected chi connectivity index (χ3v) is 7.49. The molecule has 10 heteroatoms. The minimum atomic E-state index is -0.390. The Kier molecular flexibility index (Phi) is 11.6. The molecule has 0 spiro atoms. The number of ether oxygens (including phenoxy) is 2. The van der Waals surface area contributed by atoms with Gasteiger partial charge >= 0.3 is 5.97 Å². The standard InChI is InChI=1S/C29H35BrN4O4S/c1-6-14-34-26(9-8-15-38-25-17-23(19(3)4)24(30)16-20(25)5)32-33-29(34)39-18-27(35)31-22-12-10-21(11-13-22)28(36)37-7-2/h6,10-13,16-17,19H,1,7-9,14-15,18H2,2-5H3,(H,31,35). The van der Waals surface area contributed by atoms with Crippen LogP contribution in [0.4, 0.5) is 5.69 Å². The fourth-order valence-electron chi connectivity index (χ4n) is 3.83. The molecule has 1 amide bonds. The Balaban J connectivity index is 1.53. The van der Waals surface area contributed by atoms with Crippen molar-refractivity contribution in [2.75, 3.05) is 24.3 Å². The Hall–Kier alpha value is -3.11. The maximum Gasteiger partial charge on any atom is 0.338 e. The van der Waals surface area contributed by atoms with E-state index in [2.05, 4.69) is 64.0 Å². The average Bonchev–Trinajstić information content (AvgIpc) is 3.28. The van der Waals surface area contributed by atoms with Gasteiger partial charge in [0.05, 0.1) is 24.5 Å². The lowest BCUT2D eigenvalue weighted by Crippen LogP contribution is -2.15. The number of amides is 1. The molecule has 0 bridgehead atoms. The number of nitrogens with zero attached hydrogens (tertiary/aromatic N) is 3. The minimum absolute atomic E-state index is 0.166. The molecule has 0 unspecified atom stereocenters. The molecule has 0 saturated carbocycles. The zero-order chi connectivity index (χ0) is 28.4. The zero-order valence-electron chi connectivity index (χ0n) is 22.8. The Bertz CT molecular complexity index is 1290. The number of hydrogen-bond acceptors (Lipinski definition) is 7. The van der Waals surface area contributed by atoms with Crippen LogP contribution in [0, 0.1) is 6.92 Å². The van der Waals surface area contributed by atoms with Gasteiger partial charge in [-0.1, -0.05) is 47.6 Å². The van der Waals surface area contributed by atoms with Crippen molar-refractivity contribution in [2.45, 2.75) is 58.2 Å². The summed E-state index contributed by atoms with van der Waals surface area (Å²) in [6.45, 7) is 13.4. The highest BCUT2D eigenvalue weighted by Crippen LogP contribution is 2.31. The number of rotatable bonds is 14. The van der Waals surface area contributed by atoms with Crippen LogP contribution in [0.1, 0.15) is 60.4 Å². The molecule has 0 saturated heterocycles. The fraction of sp³-hybridized carbons (Fsp3) is 0.379. The first kappa shape index (κ1) is 30.4. The highest BCUT2D eigenvalue weighted by molar-refractivity contribution is 9.10. The van der Waals surface area contributed by atoms with Crippen molar-refractivity contribution in [1.82, 2.24) is 14.8 Å². The first-order chi connectivity index (χ1) is 18.7. The van der Waals surface area contributed by atoms with E-state index in [1.54, 1.807) is 37.3 Å². The molecular weight excluding hydrogens is 580 g/mol. The third kappa shape index (κ3) is 8.69. The Morgan fingerprint density at radius 1 is 1.21 bits per heavy atom. The monoisotopic (exact) mass is 614 g/mol. The summed E-state index contributed by atoms with van der Waals surface area (Å²) in [7, 11) is 0. The van der Waals surface area contributed by atoms with Crippen LogP contribution in [0.5, 0.6) is 5.75 Å². The zero-order valence-corrected chi connectivity index (χ0v) is 25.2. The van der Waals surface area contributed by atoms with Gasteiger partial charge in [0, 0.05) is 23.1 Å². The third-order valence-electron chi connectivity index (χ3n) is 5.84. The molecular formula is C29H35BrN4O4S. The van der Waals surface area contributed by atoms with Crippen molar-refractivity contribution in [3.8, 4) is 5.75 Å². The molecule has 0 aliphatic carbocycles. The van der Waals surface area contributed by atoms with Gasteiger partial charge in [-0.25, -0.2) is 4.79 Å². The maximum absolute atomic E-state index is 12.5. The summed E-state index contributed by atoms with van der Waals surface area (Å²) in [5.41, 5.74) is 3.35. The molecule has 3 aromatic rings. The molecule has 8 nitrogen and oxygen atoms in total. The molecule has 0 aliphatic rings. The van der Waals surface area contributed by atoms with Gasteiger partial charge in [0.2, 0.25) is 5.91 Å². The number of thioether (sulfide) groups is 1. The van der Waals surface area contributed by atoms with E-state index in [-0.39, 0.29) is 11.7 Å². The van der Waals surface area contributed by atoms with Crippen LogP contribution in [0.25, 0.3) is 0 Å². The van der Waals surface area contributed by atoms with E-state index in [4.69, 9.17) is 9.47 Å². The molecule has 1 N–H and O–H groups in total. The van der Waals surface area contributed by atoms with Crippen LogP contribution in [0.15, 0.2) is 58.7 Å². The highest BCUT2D eigenvalue weighted by Gasteiger charge is 2.15. The predicted octanol–water partition coefficient (Wildman–Crippen LogP) is 6.58. The van der Waals surface area contributed by atoms with Crippen LogP contribution >= 0.6 is 27.7 Å². The SMILES string of the molecule is C=CCn1c(CCCOc2cc(C(C)C)c(Br)cc2C)nnc1SCC(=O)Nc1ccc(C(=O)OCC)cc1. The predicted molar refractivity (Wildman–Crippen MR) is 159 cm³/mol. The number of nitrogens with one attached hydrogen (secondary N) is 1. The van der Waals surface area contributed by atoms with Crippen molar-refractivity contribution in [3.05, 3.63) is 76.0 Å². The second kappa shape index (κ2) is 14.9. The molecule has 1 aromatic heterocycles.